The third-order valence-electron chi connectivity index (χ3n) is 6.89. The van der Waals surface area contributed by atoms with Crippen molar-refractivity contribution in [2.45, 2.75) is 56.0 Å². The van der Waals surface area contributed by atoms with E-state index < -0.39 is 6.04 Å². The van der Waals surface area contributed by atoms with Gasteiger partial charge in [0.1, 0.15) is 11.9 Å². The highest BCUT2D eigenvalue weighted by Crippen LogP contribution is 2.47. The number of nitriles is 1. The van der Waals surface area contributed by atoms with Crippen LogP contribution in [0.25, 0.3) is 0 Å². The zero-order valence-electron chi connectivity index (χ0n) is 16.1. The summed E-state index contributed by atoms with van der Waals surface area (Å²) in [4.78, 5) is 31.2. The number of piperazine rings is 1. The number of carbonyl (C=O) groups excluding carboxylic acids is 2. The molecule has 0 spiro atoms. The summed E-state index contributed by atoms with van der Waals surface area (Å²) in [7, 11) is 0. The number of nitrogens with two attached hydrogens (primary N) is 1. The van der Waals surface area contributed by atoms with Crippen LogP contribution in [0.4, 0.5) is 4.39 Å². The van der Waals surface area contributed by atoms with Gasteiger partial charge in [-0.15, -0.1) is 0 Å². The van der Waals surface area contributed by atoms with E-state index in [-0.39, 0.29) is 41.8 Å². The van der Waals surface area contributed by atoms with Gasteiger partial charge in [0.15, 0.2) is 0 Å². The molecule has 8 heteroatoms. The molecule has 5 rings (SSSR count). The molecule has 4 aliphatic rings. The number of carbonyl (C=O) groups is 2. The van der Waals surface area contributed by atoms with Gasteiger partial charge in [0.2, 0.25) is 11.8 Å². The van der Waals surface area contributed by atoms with Crippen LogP contribution in [0.15, 0.2) is 24.3 Å². The number of fused-ring (bicyclic) bond motifs is 3. The molecule has 29 heavy (non-hydrogen) atoms. The van der Waals surface area contributed by atoms with Gasteiger partial charge in [-0.1, -0.05) is 12.1 Å². The maximum atomic E-state index is 13.4. The zero-order valence-corrected chi connectivity index (χ0v) is 16.1. The van der Waals surface area contributed by atoms with Crippen molar-refractivity contribution in [3.63, 3.8) is 0 Å². The number of benzene rings is 1. The van der Waals surface area contributed by atoms with Crippen molar-refractivity contribution in [3.8, 4) is 6.07 Å². The number of likely N-dealkylation sites (tertiary alicyclic amines) is 3. The van der Waals surface area contributed by atoms with Crippen LogP contribution in [0.3, 0.4) is 0 Å². The molecule has 0 radical (unpaired) electrons. The van der Waals surface area contributed by atoms with Gasteiger partial charge in [-0.2, -0.15) is 5.26 Å². The van der Waals surface area contributed by atoms with Crippen LogP contribution in [0, 0.1) is 23.1 Å². The number of piperidine rings is 1. The first-order valence-corrected chi connectivity index (χ1v) is 10.2. The largest absolute Gasteiger partial charge is 0.333 e. The molecule has 152 valence electrons. The molecule has 2 bridgehead atoms. The predicted octanol–water partition coefficient (Wildman–Crippen LogP) is 0.451. The number of rotatable bonds is 5. The topological polar surface area (TPSA) is 93.7 Å². The number of hydrogen-bond donors (Lipinski definition) is 1. The van der Waals surface area contributed by atoms with Gasteiger partial charge in [-0.3, -0.25) is 14.5 Å². The smallest absolute Gasteiger partial charge is 0.242 e. The summed E-state index contributed by atoms with van der Waals surface area (Å²) in [5.41, 5.74) is 7.00. The van der Waals surface area contributed by atoms with Crippen LogP contribution in [-0.4, -0.2) is 69.8 Å². The predicted molar refractivity (Wildman–Crippen MR) is 101 cm³/mol. The number of nitrogens with zero attached hydrogens (tertiary/aromatic N) is 4. The Balaban J connectivity index is 1.21. The second kappa shape index (κ2) is 6.78. The lowest BCUT2D eigenvalue weighted by atomic mass is 10.1. The van der Waals surface area contributed by atoms with Crippen molar-refractivity contribution < 1.29 is 14.0 Å². The van der Waals surface area contributed by atoms with Gasteiger partial charge in [0, 0.05) is 31.7 Å². The summed E-state index contributed by atoms with van der Waals surface area (Å²) >= 11 is 0. The monoisotopic (exact) mass is 397 g/mol. The van der Waals surface area contributed by atoms with E-state index in [2.05, 4.69) is 6.07 Å². The lowest BCUT2D eigenvalue weighted by molar-refractivity contribution is -0.139. The molecule has 3 heterocycles. The molecule has 1 aromatic carbocycles. The van der Waals surface area contributed by atoms with Gasteiger partial charge < -0.3 is 15.5 Å². The Bertz CT molecular complexity index is 901. The summed E-state index contributed by atoms with van der Waals surface area (Å²) in [5, 5.41) is 9.31. The standard InChI is InChI=1S/C21H24FN5O2/c22-14-3-1-2-12(4-14)9-26-16-7-19(21(26)29)25(10-16)11-17(24)20(28)27-15(8-23)5-13-6-18(13)27/h1-4,13,15-19H,5-7,9-11,24H2/t13-,15+,16?,17+,18+,19+/m1/s1. The van der Waals surface area contributed by atoms with Crippen LogP contribution in [0.2, 0.25) is 0 Å². The molecular formula is C21H24FN5O2. The van der Waals surface area contributed by atoms with E-state index in [1.807, 2.05) is 15.9 Å². The van der Waals surface area contributed by atoms with E-state index in [9.17, 15) is 19.2 Å². The van der Waals surface area contributed by atoms with E-state index in [1.165, 1.54) is 12.1 Å². The van der Waals surface area contributed by atoms with Gasteiger partial charge in [0.05, 0.1) is 18.2 Å². The van der Waals surface area contributed by atoms with E-state index in [4.69, 9.17) is 5.73 Å². The summed E-state index contributed by atoms with van der Waals surface area (Å²) in [6.07, 6.45) is 2.43. The fraction of sp³-hybridized carbons (Fsp3) is 0.571. The van der Waals surface area contributed by atoms with Crippen molar-refractivity contribution in [1.29, 1.82) is 5.26 Å². The molecular weight excluding hydrogens is 373 g/mol. The lowest BCUT2D eigenvalue weighted by Crippen LogP contribution is -2.56. The summed E-state index contributed by atoms with van der Waals surface area (Å²) in [6.45, 7) is 1.39. The summed E-state index contributed by atoms with van der Waals surface area (Å²) in [5.74, 6) is -0.00524. The maximum Gasteiger partial charge on any atom is 0.242 e. The third kappa shape index (κ3) is 3.09. The molecule has 7 nitrogen and oxygen atoms in total. The highest BCUT2D eigenvalue weighted by Gasteiger charge is 2.55. The first kappa shape index (κ1) is 18.5. The van der Waals surface area contributed by atoms with Crippen molar-refractivity contribution in [1.82, 2.24) is 14.7 Å². The molecule has 4 fully saturated rings. The molecule has 2 amide bonds. The number of amides is 2. The molecule has 1 saturated carbocycles. The van der Waals surface area contributed by atoms with Gasteiger partial charge in [-0.05, 0) is 42.9 Å². The first-order valence-electron chi connectivity index (χ1n) is 10.2. The Hall–Kier alpha value is -2.50. The van der Waals surface area contributed by atoms with Crippen LogP contribution in [0.5, 0.6) is 0 Å². The van der Waals surface area contributed by atoms with E-state index in [0.29, 0.717) is 32.0 Å². The molecule has 2 N–H and O–H groups in total. The van der Waals surface area contributed by atoms with Crippen LogP contribution >= 0.6 is 0 Å². The minimum absolute atomic E-state index is 0.0171. The van der Waals surface area contributed by atoms with Gasteiger partial charge in [0.25, 0.3) is 0 Å². The van der Waals surface area contributed by atoms with Crippen LogP contribution < -0.4 is 5.73 Å². The Labute approximate surface area is 168 Å². The van der Waals surface area contributed by atoms with Crippen molar-refractivity contribution in [2.75, 3.05) is 13.1 Å². The highest BCUT2D eigenvalue weighted by molar-refractivity contribution is 5.86. The average molecular weight is 397 g/mol. The Kier molecular flexibility index (Phi) is 4.33. The second-order valence-electron chi connectivity index (χ2n) is 8.75. The Morgan fingerprint density at radius 3 is 2.90 bits per heavy atom. The summed E-state index contributed by atoms with van der Waals surface area (Å²) in [6, 6.07) is 7.41. The van der Waals surface area contributed by atoms with Crippen molar-refractivity contribution >= 4 is 11.8 Å². The molecule has 1 aromatic rings. The van der Waals surface area contributed by atoms with Gasteiger partial charge in [-0.25, -0.2) is 4.39 Å². The zero-order chi connectivity index (χ0) is 20.3. The second-order valence-corrected chi connectivity index (χ2v) is 8.75. The fourth-order valence-corrected chi connectivity index (χ4v) is 5.39. The van der Waals surface area contributed by atoms with Crippen molar-refractivity contribution in [2.24, 2.45) is 11.7 Å². The highest BCUT2D eigenvalue weighted by atomic mass is 19.1. The minimum Gasteiger partial charge on any atom is -0.333 e. The first-order chi connectivity index (χ1) is 14.0. The SMILES string of the molecule is N#C[C@@H]1C[C@@H]2C[C@@H]2N1C(=O)[C@@H](N)CN1CC2C[C@H]1C(=O)N2Cc1cccc(F)c1. The van der Waals surface area contributed by atoms with Crippen molar-refractivity contribution in [3.05, 3.63) is 35.6 Å². The third-order valence-corrected chi connectivity index (χ3v) is 6.89. The lowest BCUT2D eigenvalue weighted by Gasteiger charge is -2.35. The maximum absolute atomic E-state index is 13.4. The molecule has 1 unspecified atom stereocenters. The number of halogens is 1. The molecule has 6 atom stereocenters. The molecule has 1 aliphatic carbocycles. The van der Waals surface area contributed by atoms with Crippen LogP contribution in [-0.2, 0) is 16.1 Å². The fourth-order valence-electron chi connectivity index (χ4n) is 5.39. The summed E-state index contributed by atoms with van der Waals surface area (Å²) < 4.78 is 13.4. The quantitative estimate of drug-likeness (QED) is 0.779. The normalized spacial score (nSPS) is 33.7. The van der Waals surface area contributed by atoms with Gasteiger partial charge >= 0.3 is 0 Å². The molecule has 3 aliphatic heterocycles. The minimum atomic E-state index is -0.728. The number of hydrogen-bond acceptors (Lipinski definition) is 5. The van der Waals surface area contributed by atoms with E-state index in [0.717, 1.165) is 18.4 Å². The van der Waals surface area contributed by atoms with E-state index >= 15 is 0 Å². The van der Waals surface area contributed by atoms with E-state index in [1.54, 1.807) is 11.0 Å². The molecule has 0 aromatic heterocycles. The Morgan fingerprint density at radius 1 is 1.34 bits per heavy atom. The van der Waals surface area contributed by atoms with Crippen LogP contribution in [0.1, 0.15) is 24.8 Å². The average Bonchev–Trinajstić information content (AvgIpc) is 3.04. The molecule has 3 saturated heterocycles. The Morgan fingerprint density at radius 2 is 2.17 bits per heavy atom.